The van der Waals surface area contributed by atoms with Crippen LogP contribution >= 0.6 is 11.3 Å². The summed E-state index contributed by atoms with van der Waals surface area (Å²) >= 11 is 1.06. The minimum Gasteiger partial charge on any atom is -0.493 e. The lowest BCUT2D eigenvalue weighted by molar-refractivity contribution is -0.138. The van der Waals surface area contributed by atoms with Gasteiger partial charge in [0, 0.05) is 5.56 Å². The molecule has 1 aromatic heterocycles. The summed E-state index contributed by atoms with van der Waals surface area (Å²) in [6.45, 7) is 3.62. The Labute approximate surface area is 173 Å². The van der Waals surface area contributed by atoms with Gasteiger partial charge >= 0.3 is 6.18 Å². The number of alkyl halides is 3. The summed E-state index contributed by atoms with van der Waals surface area (Å²) in [5.74, 6) is -0.182. The molecule has 0 aliphatic heterocycles. The summed E-state index contributed by atoms with van der Waals surface area (Å²) < 4.78 is 46.1. The lowest BCUT2D eigenvalue weighted by atomic mass is 10.1. The predicted octanol–water partition coefficient (Wildman–Crippen LogP) is 5.13. The second-order valence-corrected chi connectivity index (χ2v) is 8.29. The van der Waals surface area contributed by atoms with Crippen molar-refractivity contribution < 1.29 is 23.0 Å². The molecule has 29 heavy (non-hydrogen) atoms. The maximum absolute atomic E-state index is 13.5. The van der Waals surface area contributed by atoms with Gasteiger partial charge in [-0.2, -0.15) is 13.2 Å². The van der Waals surface area contributed by atoms with Crippen LogP contribution in [-0.4, -0.2) is 28.5 Å². The number of hydrogen-bond acceptors (Lipinski definition) is 6. The molecule has 0 radical (unpaired) electrons. The molecule has 0 aliphatic carbocycles. The van der Waals surface area contributed by atoms with E-state index in [1.807, 2.05) is 0 Å². The normalized spacial score (nSPS) is 14.0. The molecule has 2 rings (SSSR count). The van der Waals surface area contributed by atoms with E-state index in [0.29, 0.717) is 10.0 Å². The van der Waals surface area contributed by atoms with Crippen LogP contribution in [0.4, 0.5) is 13.2 Å². The molecule has 5 nitrogen and oxygen atoms in total. The topological polar surface area (TPSA) is 81.3 Å². The average Bonchev–Trinajstić information content (AvgIpc) is 3.18. The first kappa shape index (κ1) is 23.6. The van der Waals surface area contributed by atoms with Crippen LogP contribution in [0.25, 0.3) is 10.6 Å². The van der Waals surface area contributed by atoms with Gasteiger partial charge in [-0.3, -0.25) is 0 Å². The van der Waals surface area contributed by atoms with Crippen LogP contribution in [0.3, 0.4) is 0 Å². The average molecular weight is 432 g/mol. The van der Waals surface area contributed by atoms with Crippen LogP contribution in [0.1, 0.15) is 62.9 Å². The Hall–Kier alpha value is -1.71. The molecule has 0 spiro atoms. The second-order valence-electron chi connectivity index (χ2n) is 7.31. The molecular weight excluding hydrogens is 403 g/mol. The molecule has 0 saturated carbocycles. The van der Waals surface area contributed by atoms with Crippen LogP contribution in [0.5, 0.6) is 5.75 Å². The van der Waals surface area contributed by atoms with Gasteiger partial charge in [-0.1, -0.05) is 50.4 Å². The first-order valence-corrected chi connectivity index (χ1v) is 10.6. The summed E-state index contributed by atoms with van der Waals surface area (Å²) in [5, 5.41) is 17.8. The lowest BCUT2D eigenvalue weighted by Gasteiger charge is -2.17. The molecule has 9 heteroatoms. The number of aliphatic hydroxyl groups excluding tert-OH is 1. The van der Waals surface area contributed by atoms with Crippen molar-refractivity contribution in [2.45, 2.75) is 64.1 Å². The third-order valence-electron chi connectivity index (χ3n) is 4.53. The molecule has 0 aliphatic rings. The van der Waals surface area contributed by atoms with Crippen molar-refractivity contribution in [2.75, 3.05) is 13.2 Å². The Morgan fingerprint density at radius 1 is 1.10 bits per heavy atom. The van der Waals surface area contributed by atoms with E-state index < -0.39 is 17.3 Å². The van der Waals surface area contributed by atoms with Gasteiger partial charge in [0.2, 0.25) is 0 Å². The molecule has 1 unspecified atom stereocenters. The van der Waals surface area contributed by atoms with Crippen LogP contribution in [0.2, 0.25) is 0 Å². The first-order chi connectivity index (χ1) is 13.7. The highest BCUT2D eigenvalue weighted by atomic mass is 32.1. The number of aliphatic hydroxyl groups is 1. The van der Waals surface area contributed by atoms with Crippen molar-refractivity contribution in [1.82, 2.24) is 10.2 Å². The summed E-state index contributed by atoms with van der Waals surface area (Å²) in [4.78, 5) is 0. The smallest absolute Gasteiger partial charge is 0.419 e. The minimum atomic E-state index is -4.55. The third kappa shape index (κ3) is 6.65. The number of benzene rings is 1. The number of rotatable bonds is 11. The fraction of sp³-hybridized carbons (Fsp3) is 0.600. The Morgan fingerprint density at radius 3 is 2.45 bits per heavy atom. The number of nitrogens with two attached hydrogens (primary N) is 1. The van der Waals surface area contributed by atoms with Crippen molar-refractivity contribution >= 4 is 11.3 Å². The molecule has 162 valence electrons. The highest BCUT2D eigenvalue weighted by Crippen LogP contribution is 2.39. The maximum atomic E-state index is 13.5. The highest BCUT2D eigenvalue weighted by molar-refractivity contribution is 7.14. The van der Waals surface area contributed by atoms with E-state index in [1.54, 1.807) is 6.92 Å². The fourth-order valence-corrected chi connectivity index (χ4v) is 3.60. The number of aromatic nitrogens is 2. The number of nitrogens with zero attached hydrogens (tertiary/aromatic N) is 2. The standard InChI is InChI=1S/C20H28F3N3O2S/c1-3-4-5-6-7-8-11-28-16-10-9-14(12-15(16)20(21,22)23)17-25-26-18(29-17)19(2,24)13-27/h9-10,12,27H,3-8,11,13,24H2,1-2H3. The zero-order valence-corrected chi connectivity index (χ0v) is 17.6. The molecule has 2 aromatic rings. The maximum Gasteiger partial charge on any atom is 0.419 e. The number of halogens is 3. The van der Waals surface area contributed by atoms with E-state index in [4.69, 9.17) is 10.5 Å². The lowest BCUT2D eigenvalue weighted by Crippen LogP contribution is -2.36. The molecule has 0 fully saturated rings. The molecule has 3 N–H and O–H groups in total. The summed E-state index contributed by atoms with van der Waals surface area (Å²) in [6, 6.07) is 3.88. The van der Waals surface area contributed by atoms with Crippen molar-refractivity contribution in [3.63, 3.8) is 0 Å². The van der Waals surface area contributed by atoms with Gasteiger partial charge in [0.05, 0.1) is 24.3 Å². The van der Waals surface area contributed by atoms with Gasteiger partial charge in [0.15, 0.2) is 0 Å². The van der Waals surface area contributed by atoms with Crippen LogP contribution < -0.4 is 10.5 Å². The minimum absolute atomic E-state index is 0.182. The van der Waals surface area contributed by atoms with Crippen LogP contribution in [0, 0.1) is 0 Å². The van der Waals surface area contributed by atoms with Crippen LogP contribution in [0.15, 0.2) is 18.2 Å². The highest BCUT2D eigenvalue weighted by Gasteiger charge is 2.35. The fourth-order valence-electron chi connectivity index (χ4n) is 2.71. The molecule has 0 saturated heterocycles. The Morgan fingerprint density at radius 2 is 1.79 bits per heavy atom. The number of hydrogen-bond donors (Lipinski definition) is 2. The van der Waals surface area contributed by atoms with Crippen molar-refractivity contribution in [3.05, 3.63) is 28.8 Å². The molecular formula is C20H28F3N3O2S. The van der Waals surface area contributed by atoms with Gasteiger partial charge in [-0.15, -0.1) is 10.2 Å². The zero-order valence-electron chi connectivity index (χ0n) is 16.8. The molecule has 1 atom stereocenters. The van der Waals surface area contributed by atoms with E-state index in [2.05, 4.69) is 17.1 Å². The van der Waals surface area contributed by atoms with E-state index in [-0.39, 0.29) is 24.5 Å². The Bertz CT molecular complexity index is 779. The van der Waals surface area contributed by atoms with Crippen molar-refractivity contribution in [1.29, 1.82) is 0 Å². The Balaban J connectivity index is 2.12. The largest absolute Gasteiger partial charge is 0.493 e. The second kappa shape index (κ2) is 10.4. The molecule has 1 heterocycles. The van der Waals surface area contributed by atoms with Gasteiger partial charge < -0.3 is 15.6 Å². The predicted molar refractivity (Wildman–Crippen MR) is 108 cm³/mol. The number of ether oxygens (including phenoxy) is 1. The molecule has 0 amide bonds. The quantitative estimate of drug-likeness (QED) is 0.482. The van der Waals surface area contributed by atoms with E-state index in [9.17, 15) is 18.3 Å². The monoisotopic (exact) mass is 431 g/mol. The molecule has 0 bridgehead atoms. The summed E-state index contributed by atoms with van der Waals surface area (Å²) in [6.07, 6.45) is 1.65. The number of unbranched alkanes of at least 4 members (excludes halogenated alkanes) is 5. The van der Waals surface area contributed by atoms with Gasteiger partial charge in [0.1, 0.15) is 15.8 Å². The van der Waals surface area contributed by atoms with E-state index in [1.165, 1.54) is 18.6 Å². The van der Waals surface area contributed by atoms with E-state index in [0.717, 1.165) is 49.5 Å². The van der Waals surface area contributed by atoms with Gasteiger partial charge in [-0.25, -0.2) is 0 Å². The van der Waals surface area contributed by atoms with Crippen molar-refractivity contribution in [2.24, 2.45) is 5.73 Å². The summed E-state index contributed by atoms with van der Waals surface area (Å²) in [5.41, 5.74) is 4.26. The van der Waals surface area contributed by atoms with Gasteiger partial charge in [-0.05, 0) is 31.5 Å². The Kier molecular flexibility index (Phi) is 8.42. The zero-order chi connectivity index (χ0) is 21.5. The molecule has 1 aromatic carbocycles. The summed E-state index contributed by atoms with van der Waals surface area (Å²) in [7, 11) is 0. The van der Waals surface area contributed by atoms with Crippen molar-refractivity contribution in [3.8, 4) is 16.3 Å². The first-order valence-electron chi connectivity index (χ1n) is 9.77. The van der Waals surface area contributed by atoms with E-state index >= 15 is 0 Å². The van der Waals surface area contributed by atoms with Crippen LogP contribution in [-0.2, 0) is 11.7 Å². The third-order valence-corrected chi connectivity index (χ3v) is 5.78. The van der Waals surface area contributed by atoms with Gasteiger partial charge in [0.25, 0.3) is 0 Å². The SMILES string of the molecule is CCCCCCCCOc1ccc(-c2nnc(C(C)(N)CO)s2)cc1C(F)(F)F.